The van der Waals surface area contributed by atoms with Crippen LogP contribution in [-0.4, -0.2) is 38.8 Å². The van der Waals surface area contributed by atoms with E-state index in [0.717, 1.165) is 17.0 Å². The van der Waals surface area contributed by atoms with Crippen LogP contribution in [0, 0.1) is 0 Å². The molecule has 0 aliphatic carbocycles. The fraction of sp³-hybridized carbons (Fsp3) is 0.222. The molecule has 4 rings (SSSR count). The molecule has 0 bridgehead atoms. The van der Waals surface area contributed by atoms with E-state index in [4.69, 9.17) is 24.2 Å². The second-order valence-electron chi connectivity index (χ2n) is 7.64. The van der Waals surface area contributed by atoms with Crippen molar-refractivity contribution in [3.8, 4) is 17.2 Å². The van der Waals surface area contributed by atoms with Crippen LogP contribution in [0.1, 0.15) is 35.2 Å². The van der Waals surface area contributed by atoms with Crippen molar-refractivity contribution < 1.29 is 19.0 Å². The summed E-state index contributed by atoms with van der Waals surface area (Å²) in [5.41, 5.74) is 3.62. The summed E-state index contributed by atoms with van der Waals surface area (Å²) in [7, 11) is 4.73. The summed E-state index contributed by atoms with van der Waals surface area (Å²) in [6.07, 6.45) is 0.664. The van der Waals surface area contributed by atoms with Gasteiger partial charge < -0.3 is 19.5 Å². The first-order chi connectivity index (χ1) is 16.6. The van der Waals surface area contributed by atoms with Gasteiger partial charge in [-0.25, -0.2) is 4.99 Å². The number of para-hydroxylation sites is 3. The molecule has 0 fully saturated rings. The largest absolute Gasteiger partial charge is 0.496 e. The number of hydrogen-bond acceptors (Lipinski definition) is 6. The van der Waals surface area contributed by atoms with E-state index in [1.807, 2.05) is 55.5 Å². The van der Waals surface area contributed by atoms with E-state index in [0.29, 0.717) is 40.8 Å². The van der Waals surface area contributed by atoms with Crippen LogP contribution in [0.4, 0.5) is 11.4 Å². The van der Waals surface area contributed by atoms with Crippen LogP contribution in [-0.2, 0) is 0 Å². The van der Waals surface area contributed by atoms with Gasteiger partial charge in [0.25, 0.3) is 5.91 Å². The van der Waals surface area contributed by atoms with Crippen molar-refractivity contribution in [1.82, 2.24) is 5.32 Å². The first-order valence-electron chi connectivity index (χ1n) is 11.0. The smallest absolute Gasteiger partial charge is 0.260 e. The summed E-state index contributed by atoms with van der Waals surface area (Å²) in [6.45, 7) is 2.04. The van der Waals surface area contributed by atoms with Crippen molar-refractivity contribution in [3.05, 3.63) is 77.9 Å². The van der Waals surface area contributed by atoms with Crippen LogP contribution in [0.2, 0.25) is 0 Å². The van der Waals surface area contributed by atoms with E-state index in [1.165, 1.54) is 0 Å². The summed E-state index contributed by atoms with van der Waals surface area (Å²) in [5, 5.41) is 3.05. The third-order valence-electron chi connectivity index (χ3n) is 5.69. The zero-order chi connectivity index (χ0) is 24.1. The normalized spacial score (nSPS) is 14.8. The number of carbonyl (C=O) groups is 1. The minimum absolute atomic E-state index is 0.309. The van der Waals surface area contributed by atoms with E-state index in [-0.39, 0.29) is 5.91 Å². The highest BCUT2D eigenvalue weighted by Gasteiger charge is 2.29. The molecule has 1 aliphatic rings. The Labute approximate surface area is 199 Å². The van der Waals surface area contributed by atoms with Crippen LogP contribution >= 0.6 is 0 Å². The lowest BCUT2D eigenvalue weighted by molar-refractivity contribution is 0.0973. The Morgan fingerprint density at radius 1 is 0.824 bits per heavy atom. The zero-order valence-electron chi connectivity index (χ0n) is 19.7. The molecule has 34 heavy (non-hydrogen) atoms. The van der Waals surface area contributed by atoms with Crippen molar-refractivity contribution in [2.45, 2.75) is 19.3 Å². The molecule has 0 spiro atoms. The number of fused-ring (bicyclic) bond motifs is 1. The van der Waals surface area contributed by atoms with Gasteiger partial charge >= 0.3 is 0 Å². The third kappa shape index (κ3) is 4.50. The Morgan fingerprint density at radius 3 is 2.15 bits per heavy atom. The topological polar surface area (TPSA) is 81.5 Å². The number of methoxy groups -OCH3 is 3. The van der Waals surface area contributed by atoms with E-state index in [9.17, 15) is 4.79 Å². The maximum Gasteiger partial charge on any atom is 0.260 e. The monoisotopic (exact) mass is 457 g/mol. The molecule has 1 N–H and O–H groups in total. The molecule has 3 aromatic rings. The molecule has 7 nitrogen and oxygen atoms in total. The maximum atomic E-state index is 13.4. The summed E-state index contributed by atoms with van der Waals surface area (Å²) in [5.74, 6) is 1.48. The molecule has 1 aliphatic heterocycles. The van der Waals surface area contributed by atoms with Gasteiger partial charge in [-0.15, -0.1) is 0 Å². The van der Waals surface area contributed by atoms with Crippen molar-refractivity contribution >= 4 is 28.8 Å². The Morgan fingerprint density at radius 2 is 1.47 bits per heavy atom. The lowest BCUT2D eigenvalue weighted by atomic mass is 9.90. The van der Waals surface area contributed by atoms with Crippen LogP contribution in [0.5, 0.6) is 17.2 Å². The Balaban J connectivity index is 1.85. The summed E-state index contributed by atoms with van der Waals surface area (Å²) < 4.78 is 16.3. The molecule has 0 aromatic heterocycles. The summed E-state index contributed by atoms with van der Waals surface area (Å²) in [4.78, 5) is 23.2. The van der Waals surface area contributed by atoms with Gasteiger partial charge in [0, 0.05) is 5.71 Å². The molecule has 1 atom stereocenters. The van der Waals surface area contributed by atoms with Gasteiger partial charge in [0.2, 0.25) is 0 Å². The Kier molecular flexibility index (Phi) is 6.92. The standard InChI is InChI=1S/C27H27N3O4/c1-5-19-25(17-14-15-23(33-3)24(16-17)34-4)26(29-21-12-8-7-11-20(21)28-19)30-27(31)18-10-6-9-13-22(18)32-2/h6-16,25H,5H2,1-4H3,(H,29,30,31)/t25-/m0/s1. The predicted octanol–water partition coefficient (Wildman–Crippen LogP) is 5.45. The van der Waals surface area contributed by atoms with Gasteiger partial charge in [0.05, 0.1) is 44.2 Å². The summed E-state index contributed by atoms with van der Waals surface area (Å²) >= 11 is 0. The molecule has 1 amide bonds. The third-order valence-corrected chi connectivity index (χ3v) is 5.69. The number of rotatable bonds is 6. The number of nitrogens with one attached hydrogen (secondary N) is 1. The molecule has 0 radical (unpaired) electrons. The maximum absolute atomic E-state index is 13.4. The minimum atomic E-state index is -0.393. The minimum Gasteiger partial charge on any atom is -0.496 e. The average Bonchev–Trinajstić information content (AvgIpc) is 3.04. The van der Waals surface area contributed by atoms with Gasteiger partial charge in [-0.05, 0) is 48.4 Å². The van der Waals surface area contributed by atoms with Crippen LogP contribution in [0.25, 0.3) is 0 Å². The SMILES string of the molecule is CCC1=Nc2ccccc2N=C(NC(=O)c2ccccc2OC)[C@H]1c1ccc(OC)c(OC)c1. The lowest BCUT2D eigenvalue weighted by Gasteiger charge is -2.22. The van der Waals surface area contributed by atoms with E-state index in [1.54, 1.807) is 39.5 Å². The average molecular weight is 458 g/mol. The van der Waals surface area contributed by atoms with Crippen LogP contribution in [0.3, 0.4) is 0 Å². The fourth-order valence-corrected chi connectivity index (χ4v) is 4.01. The van der Waals surface area contributed by atoms with Crippen molar-refractivity contribution in [2.75, 3.05) is 21.3 Å². The van der Waals surface area contributed by atoms with Crippen molar-refractivity contribution in [1.29, 1.82) is 0 Å². The zero-order valence-corrected chi connectivity index (χ0v) is 19.7. The molecule has 0 saturated heterocycles. The second kappa shape index (κ2) is 10.2. The fourth-order valence-electron chi connectivity index (χ4n) is 4.01. The Bertz CT molecular complexity index is 1270. The highest BCUT2D eigenvalue weighted by atomic mass is 16.5. The van der Waals surface area contributed by atoms with Gasteiger partial charge in [-0.1, -0.05) is 37.3 Å². The number of hydrogen-bond donors (Lipinski definition) is 1. The molecular formula is C27H27N3O4. The van der Waals surface area contributed by atoms with Gasteiger partial charge in [-0.2, -0.15) is 0 Å². The lowest BCUT2D eigenvalue weighted by Crippen LogP contribution is -2.37. The number of ether oxygens (including phenoxy) is 3. The van der Waals surface area contributed by atoms with E-state index < -0.39 is 5.92 Å². The number of nitrogens with zero attached hydrogens (tertiary/aromatic N) is 2. The molecular weight excluding hydrogens is 430 g/mol. The van der Waals surface area contributed by atoms with Gasteiger partial charge in [-0.3, -0.25) is 9.79 Å². The molecule has 0 saturated carbocycles. The molecule has 174 valence electrons. The van der Waals surface area contributed by atoms with Gasteiger partial charge in [0.15, 0.2) is 11.5 Å². The number of amidine groups is 1. The van der Waals surface area contributed by atoms with Crippen molar-refractivity contribution in [2.24, 2.45) is 9.98 Å². The van der Waals surface area contributed by atoms with E-state index in [2.05, 4.69) is 5.32 Å². The first kappa shape index (κ1) is 23.0. The quantitative estimate of drug-likeness (QED) is 0.533. The van der Waals surface area contributed by atoms with Crippen LogP contribution < -0.4 is 19.5 Å². The number of benzene rings is 3. The highest BCUT2D eigenvalue weighted by molar-refractivity contribution is 6.20. The highest BCUT2D eigenvalue weighted by Crippen LogP contribution is 2.37. The second-order valence-corrected chi connectivity index (χ2v) is 7.64. The molecule has 7 heteroatoms. The predicted molar refractivity (Wildman–Crippen MR) is 134 cm³/mol. The molecule has 1 heterocycles. The number of carbonyl (C=O) groups excluding carboxylic acids is 1. The van der Waals surface area contributed by atoms with Crippen LogP contribution in [0.15, 0.2) is 76.7 Å². The molecule has 0 unspecified atom stereocenters. The number of aliphatic imine (C=N–C) groups is 2. The number of amides is 1. The first-order valence-corrected chi connectivity index (χ1v) is 11.0. The molecule has 3 aromatic carbocycles. The van der Waals surface area contributed by atoms with E-state index >= 15 is 0 Å². The van der Waals surface area contributed by atoms with Crippen molar-refractivity contribution in [3.63, 3.8) is 0 Å². The summed E-state index contributed by atoms with van der Waals surface area (Å²) in [6, 6.07) is 20.4. The van der Waals surface area contributed by atoms with Gasteiger partial charge in [0.1, 0.15) is 11.6 Å². The Hall–Kier alpha value is -4.13.